The fourth-order valence-electron chi connectivity index (χ4n) is 5.06. The van der Waals surface area contributed by atoms with Crippen LogP contribution in [0.3, 0.4) is 0 Å². The van der Waals surface area contributed by atoms with E-state index >= 15 is 0 Å². The smallest absolute Gasteiger partial charge is 0.331 e. The lowest BCUT2D eigenvalue weighted by atomic mass is 9.98. The topological polar surface area (TPSA) is 110 Å². The average Bonchev–Trinajstić information content (AvgIpc) is 3.24. The maximum Gasteiger partial charge on any atom is 0.331 e. The van der Waals surface area contributed by atoms with E-state index < -0.39 is 29.7 Å². The van der Waals surface area contributed by atoms with Crippen molar-refractivity contribution < 1.29 is 9.53 Å². The number of nitrogens with zero attached hydrogens (tertiary/aromatic N) is 5. The number of benzene rings is 2. The monoisotopic (exact) mass is 497 g/mol. The SMILES string of the molecule is COc1ccc([C@@H]2CC(c3ccccc3)=NN2C(=O)Cn2c(=O)c(C#N)c3n(c2=O)CCCCC3)cc1. The first-order valence-electron chi connectivity index (χ1n) is 12.4. The number of fused-ring (bicyclic) bond motifs is 1. The Balaban J connectivity index is 1.54. The molecule has 0 radical (unpaired) electrons. The molecule has 3 heterocycles. The van der Waals surface area contributed by atoms with Crippen LogP contribution in [-0.2, 0) is 24.3 Å². The third-order valence-electron chi connectivity index (χ3n) is 7.01. The van der Waals surface area contributed by atoms with Gasteiger partial charge in [0.15, 0.2) is 0 Å². The molecule has 9 heteroatoms. The van der Waals surface area contributed by atoms with Crippen molar-refractivity contribution in [2.75, 3.05) is 7.11 Å². The number of hydrogen-bond acceptors (Lipinski definition) is 6. The molecule has 5 rings (SSSR count). The van der Waals surface area contributed by atoms with Gasteiger partial charge in [-0.2, -0.15) is 10.4 Å². The minimum atomic E-state index is -0.721. The van der Waals surface area contributed by atoms with E-state index in [0.29, 0.717) is 30.8 Å². The van der Waals surface area contributed by atoms with Gasteiger partial charge in [0.05, 0.1) is 18.9 Å². The first-order valence-corrected chi connectivity index (χ1v) is 12.4. The van der Waals surface area contributed by atoms with E-state index in [1.807, 2.05) is 60.7 Å². The van der Waals surface area contributed by atoms with Gasteiger partial charge >= 0.3 is 5.69 Å². The molecule has 188 valence electrons. The van der Waals surface area contributed by atoms with Crippen LogP contribution in [0.25, 0.3) is 0 Å². The largest absolute Gasteiger partial charge is 0.497 e. The first kappa shape index (κ1) is 24.3. The Hall–Kier alpha value is -4.45. The number of rotatable bonds is 5. The van der Waals surface area contributed by atoms with Crippen LogP contribution in [0.15, 0.2) is 69.3 Å². The molecule has 0 saturated carbocycles. The van der Waals surface area contributed by atoms with Crippen LogP contribution in [-0.4, -0.2) is 32.9 Å². The number of nitriles is 1. The zero-order valence-electron chi connectivity index (χ0n) is 20.6. The minimum Gasteiger partial charge on any atom is -0.497 e. The maximum absolute atomic E-state index is 13.6. The fraction of sp³-hybridized carbons (Fsp3) is 0.321. The second kappa shape index (κ2) is 10.3. The van der Waals surface area contributed by atoms with Gasteiger partial charge in [-0.15, -0.1) is 0 Å². The zero-order chi connectivity index (χ0) is 25.9. The molecule has 0 aliphatic carbocycles. The Morgan fingerprint density at radius 3 is 2.54 bits per heavy atom. The molecule has 0 bridgehead atoms. The van der Waals surface area contributed by atoms with Gasteiger partial charge in [-0.05, 0) is 42.5 Å². The maximum atomic E-state index is 13.6. The summed E-state index contributed by atoms with van der Waals surface area (Å²) in [5, 5.41) is 15.7. The average molecular weight is 498 g/mol. The van der Waals surface area contributed by atoms with Crippen molar-refractivity contribution >= 4 is 11.6 Å². The van der Waals surface area contributed by atoms with Crippen LogP contribution in [0.1, 0.15) is 54.1 Å². The Morgan fingerprint density at radius 2 is 1.84 bits per heavy atom. The number of carbonyl (C=O) groups excluding carboxylic acids is 1. The lowest BCUT2D eigenvalue weighted by molar-refractivity contribution is -0.133. The molecule has 0 unspecified atom stereocenters. The molecule has 3 aromatic rings. The van der Waals surface area contributed by atoms with Gasteiger partial charge in [0, 0.05) is 18.7 Å². The van der Waals surface area contributed by atoms with E-state index in [-0.39, 0.29) is 5.56 Å². The predicted molar refractivity (Wildman–Crippen MR) is 137 cm³/mol. The molecule has 9 nitrogen and oxygen atoms in total. The first-order chi connectivity index (χ1) is 18.0. The molecule has 0 saturated heterocycles. The number of methoxy groups -OCH3 is 1. The summed E-state index contributed by atoms with van der Waals surface area (Å²) in [6, 6.07) is 18.6. The van der Waals surface area contributed by atoms with Gasteiger partial charge in [-0.25, -0.2) is 14.4 Å². The van der Waals surface area contributed by atoms with E-state index in [4.69, 9.17) is 4.74 Å². The molecular weight excluding hydrogens is 470 g/mol. The summed E-state index contributed by atoms with van der Waals surface area (Å²) in [4.78, 5) is 40.1. The van der Waals surface area contributed by atoms with Gasteiger partial charge in [0.25, 0.3) is 11.5 Å². The van der Waals surface area contributed by atoms with Crippen molar-refractivity contribution in [3.63, 3.8) is 0 Å². The van der Waals surface area contributed by atoms with Gasteiger partial charge in [-0.3, -0.25) is 14.2 Å². The molecule has 2 aromatic carbocycles. The van der Waals surface area contributed by atoms with Crippen molar-refractivity contribution in [1.29, 1.82) is 5.26 Å². The van der Waals surface area contributed by atoms with Crippen molar-refractivity contribution in [1.82, 2.24) is 14.1 Å². The van der Waals surface area contributed by atoms with E-state index in [1.54, 1.807) is 7.11 Å². The van der Waals surface area contributed by atoms with Gasteiger partial charge in [-0.1, -0.05) is 48.9 Å². The zero-order valence-corrected chi connectivity index (χ0v) is 20.6. The highest BCUT2D eigenvalue weighted by Crippen LogP contribution is 2.33. The molecule has 0 fully saturated rings. The van der Waals surface area contributed by atoms with Crippen LogP contribution in [0.4, 0.5) is 0 Å². The van der Waals surface area contributed by atoms with E-state index in [0.717, 1.165) is 40.7 Å². The normalized spacial score (nSPS) is 16.9. The summed E-state index contributed by atoms with van der Waals surface area (Å²) in [7, 11) is 1.59. The number of ether oxygens (including phenoxy) is 1. The lowest BCUT2D eigenvalue weighted by Crippen LogP contribution is -2.46. The number of carbonyl (C=O) groups is 1. The quantitative estimate of drug-likeness (QED) is 0.538. The molecule has 0 N–H and O–H groups in total. The number of aromatic nitrogens is 2. The van der Waals surface area contributed by atoms with Crippen LogP contribution in [0, 0.1) is 11.3 Å². The lowest BCUT2D eigenvalue weighted by Gasteiger charge is -2.23. The molecule has 1 aromatic heterocycles. The van der Waals surface area contributed by atoms with Gasteiger partial charge < -0.3 is 4.74 Å². The Labute approximate surface area is 213 Å². The standard InChI is InChI=1S/C28H27N5O4/c1-37-21-13-11-20(12-14-21)25-16-23(19-8-4-2-5-9-19)30-33(25)26(34)18-32-27(35)22(17-29)24-10-6-3-7-15-31(24)28(32)36/h2,4-5,8-9,11-14,25H,3,6-7,10,15-16,18H2,1H3/t25-/m0/s1. The summed E-state index contributed by atoms with van der Waals surface area (Å²) < 4.78 is 7.64. The second-order valence-corrected chi connectivity index (χ2v) is 9.21. The summed E-state index contributed by atoms with van der Waals surface area (Å²) in [5.74, 6) is 0.196. The Bertz CT molecular complexity index is 1510. The summed E-state index contributed by atoms with van der Waals surface area (Å²) in [6.45, 7) is -0.0728. The highest BCUT2D eigenvalue weighted by atomic mass is 16.5. The van der Waals surface area contributed by atoms with E-state index in [1.165, 1.54) is 9.58 Å². The van der Waals surface area contributed by atoms with Crippen molar-refractivity contribution in [2.24, 2.45) is 5.10 Å². The molecular formula is C28H27N5O4. The molecule has 1 atom stereocenters. The number of hydrogen-bond donors (Lipinski definition) is 0. The number of amides is 1. The highest BCUT2D eigenvalue weighted by Gasteiger charge is 2.34. The minimum absolute atomic E-state index is 0.0593. The Morgan fingerprint density at radius 1 is 1.08 bits per heavy atom. The van der Waals surface area contributed by atoms with E-state index in [9.17, 15) is 19.6 Å². The summed E-state index contributed by atoms with van der Waals surface area (Å²) in [5.41, 5.74) is 1.62. The Kier molecular flexibility index (Phi) is 6.73. The van der Waals surface area contributed by atoms with Crippen LogP contribution >= 0.6 is 0 Å². The molecule has 0 spiro atoms. The summed E-state index contributed by atoms with van der Waals surface area (Å²) in [6.07, 6.45) is 3.47. The van der Waals surface area contributed by atoms with Gasteiger partial charge in [0.2, 0.25) is 0 Å². The van der Waals surface area contributed by atoms with Gasteiger partial charge in [0.1, 0.15) is 23.9 Å². The third kappa shape index (κ3) is 4.58. The van der Waals surface area contributed by atoms with Crippen LogP contribution in [0.2, 0.25) is 0 Å². The summed E-state index contributed by atoms with van der Waals surface area (Å²) >= 11 is 0. The second-order valence-electron chi connectivity index (χ2n) is 9.21. The van der Waals surface area contributed by atoms with Crippen molar-refractivity contribution in [3.05, 3.63) is 97.8 Å². The number of hydrazone groups is 1. The third-order valence-corrected chi connectivity index (χ3v) is 7.01. The molecule has 2 aliphatic rings. The molecule has 1 amide bonds. The predicted octanol–water partition coefficient (Wildman–Crippen LogP) is 2.99. The van der Waals surface area contributed by atoms with Crippen molar-refractivity contribution in [2.45, 2.75) is 51.2 Å². The molecule has 37 heavy (non-hydrogen) atoms. The molecule has 2 aliphatic heterocycles. The fourth-order valence-corrected chi connectivity index (χ4v) is 5.06. The highest BCUT2D eigenvalue weighted by molar-refractivity contribution is 6.03. The van der Waals surface area contributed by atoms with Crippen LogP contribution in [0.5, 0.6) is 5.75 Å². The van der Waals surface area contributed by atoms with Crippen molar-refractivity contribution in [3.8, 4) is 11.8 Å². The van der Waals surface area contributed by atoms with E-state index in [2.05, 4.69) is 5.10 Å². The van der Waals surface area contributed by atoms with Crippen LogP contribution < -0.4 is 16.0 Å².